The van der Waals surface area contributed by atoms with E-state index >= 15 is 0 Å². The van der Waals surface area contributed by atoms with Gasteiger partial charge < -0.3 is 5.73 Å². The van der Waals surface area contributed by atoms with Gasteiger partial charge in [-0.05, 0) is 19.1 Å². The third-order valence-electron chi connectivity index (χ3n) is 3.23. The van der Waals surface area contributed by atoms with Crippen molar-refractivity contribution in [2.45, 2.75) is 13.3 Å². The summed E-state index contributed by atoms with van der Waals surface area (Å²) in [5.41, 5.74) is 10.1. The number of hydrogen-bond acceptors (Lipinski definition) is 7. The molecule has 2 aromatic heterocycles. The second-order valence-electron chi connectivity index (χ2n) is 5.04. The molecule has 8 nitrogen and oxygen atoms in total. The minimum absolute atomic E-state index is 0.0577. The monoisotopic (exact) mass is 375 g/mol. The molecule has 0 fully saturated rings. The van der Waals surface area contributed by atoms with E-state index in [9.17, 15) is 4.79 Å². The first-order valence-corrected chi connectivity index (χ1v) is 8.44. The number of hydrogen-bond donors (Lipinski definition) is 2. The Kier molecular flexibility index (Phi) is 5.05. The van der Waals surface area contributed by atoms with Crippen LogP contribution < -0.4 is 11.2 Å². The van der Waals surface area contributed by atoms with Crippen molar-refractivity contribution < 1.29 is 4.79 Å². The van der Waals surface area contributed by atoms with Gasteiger partial charge in [0.25, 0.3) is 0 Å². The van der Waals surface area contributed by atoms with E-state index in [4.69, 9.17) is 17.3 Å². The number of halogens is 1. The number of aromatic nitrogens is 4. The largest absolute Gasteiger partial charge is 0.374 e. The van der Waals surface area contributed by atoms with E-state index in [1.165, 1.54) is 6.21 Å². The number of hydrazone groups is 1. The fourth-order valence-corrected chi connectivity index (χ4v) is 3.01. The molecule has 0 saturated heterocycles. The predicted molar refractivity (Wildman–Crippen MR) is 97.1 cm³/mol. The number of nitrogens with two attached hydrogens (primary N) is 1. The molecule has 0 unspecified atom stereocenters. The van der Waals surface area contributed by atoms with Crippen LogP contribution in [0.1, 0.15) is 16.3 Å². The minimum atomic E-state index is -0.323. The summed E-state index contributed by atoms with van der Waals surface area (Å²) in [6.07, 6.45) is 1.53. The van der Waals surface area contributed by atoms with E-state index in [0.717, 1.165) is 17.0 Å². The van der Waals surface area contributed by atoms with Crippen LogP contribution in [0.25, 0.3) is 5.69 Å². The quantitative estimate of drug-likeness (QED) is 0.523. The number of amides is 1. The summed E-state index contributed by atoms with van der Waals surface area (Å²) < 4.78 is 1.62. The van der Waals surface area contributed by atoms with Crippen molar-refractivity contribution in [3.05, 3.63) is 51.7 Å². The standard InChI is InChI=1S/C15H14ClN7OS/c1-9-11(14(16)23(22-9)10-5-3-2-4-6-10)8-18-19-12(24)7-13-20-21-15(17)25-13/h2-6,8H,7H2,1H3,(H2,17,21)(H,19,24). The van der Waals surface area contributed by atoms with Crippen molar-refractivity contribution in [3.63, 3.8) is 0 Å². The van der Waals surface area contributed by atoms with Crippen LogP contribution in [0, 0.1) is 6.92 Å². The molecule has 0 saturated carbocycles. The van der Waals surface area contributed by atoms with Gasteiger partial charge in [-0.1, -0.05) is 41.1 Å². The molecule has 0 radical (unpaired) electrons. The first kappa shape index (κ1) is 17.1. The summed E-state index contributed by atoms with van der Waals surface area (Å²) in [6.45, 7) is 1.82. The molecule has 3 aromatic rings. The van der Waals surface area contributed by atoms with Gasteiger partial charge in [0.15, 0.2) is 0 Å². The number of carbonyl (C=O) groups excluding carboxylic acids is 1. The van der Waals surface area contributed by atoms with E-state index < -0.39 is 0 Å². The molecule has 2 heterocycles. The molecular weight excluding hydrogens is 362 g/mol. The number of nitrogen functional groups attached to an aromatic ring is 1. The number of aryl methyl sites for hydroxylation is 1. The van der Waals surface area contributed by atoms with Crippen LogP contribution >= 0.6 is 22.9 Å². The van der Waals surface area contributed by atoms with E-state index in [2.05, 4.69) is 25.8 Å². The molecule has 25 heavy (non-hydrogen) atoms. The van der Waals surface area contributed by atoms with Gasteiger partial charge in [-0.25, -0.2) is 10.1 Å². The Balaban J connectivity index is 1.69. The number of para-hydroxylation sites is 1. The maximum atomic E-state index is 11.8. The average molecular weight is 376 g/mol. The van der Waals surface area contributed by atoms with Crippen LogP contribution in [-0.2, 0) is 11.2 Å². The number of nitrogens with zero attached hydrogens (tertiary/aromatic N) is 5. The lowest BCUT2D eigenvalue weighted by Gasteiger charge is -2.01. The van der Waals surface area contributed by atoms with E-state index in [-0.39, 0.29) is 12.3 Å². The Labute approximate surface area is 152 Å². The zero-order valence-electron chi connectivity index (χ0n) is 13.2. The molecule has 128 valence electrons. The lowest BCUT2D eigenvalue weighted by atomic mass is 10.3. The van der Waals surface area contributed by atoms with Crippen molar-refractivity contribution in [2.24, 2.45) is 5.10 Å². The van der Waals surface area contributed by atoms with Gasteiger partial charge in [-0.15, -0.1) is 10.2 Å². The number of nitrogens with one attached hydrogen (secondary N) is 1. The second kappa shape index (κ2) is 7.41. The lowest BCUT2D eigenvalue weighted by Crippen LogP contribution is -2.19. The summed E-state index contributed by atoms with van der Waals surface area (Å²) in [5.74, 6) is -0.323. The summed E-state index contributed by atoms with van der Waals surface area (Å²) in [7, 11) is 0. The van der Waals surface area contributed by atoms with Crippen LogP contribution in [0.3, 0.4) is 0 Å². The average Bonchev–Trinajstić information content (AvgIpc) is 3.13. The van der Waals surface area contributed by atoms with Crippen molar-refractivity contribution in [2.75, 3.05) is 5.73 Å². The molecule has 0 spiro atoms. The fraction of sp³-hybridized carbons (Fsp3) is 0.133. The molecule has 0 bridgehead atoms. The summed E-state index contributed by atoms with van der Waals surface area (Å²) in [5, 5.41) is 17.0. The fourth-order valence-electron chi connectivity index (χ4n) is 2.08. The first-order valence-electron chi connectivity index (χ1n) is 7.25. The van der Waals surface area contributed by atoms with E-state index in [1.807, 2.05) is 37.3 Å². The van der Waals surface area contributed by atoms with Crippen molar-refractivity contribution in [1.29, 1.82) is 0 Å². The summed E-state index contributed by atoms with van der Waals surface area (Å²) in [4.78, 5) is 11.8. The number of rotatable bonds is 5. The van der Waals surface area contributed by atoms with E-state index in [1.54, 1.807) is 4.68 Å². The van der Waals surface area contributed by atoms with Gasteiger partial charge >= 0.3 is 0 Å². The van der Waals surface area contributed by atoms with Gasteiger partial charge in [0.05, 0.1) is 29.6 Å². The Bertz CT molecular complexity index is 919. The lowest BCUT2D eigenvalue weighted by molar-refractivity contribution is -0.120. The third-order valence-corrected chi connectivity index (χ3v) is 4.34. The molecule has 0 atom stereocenters. The van der Waals surface area contributed by atoms with Gasteiger partial charge in [0, 0.05) is 0 Å². The highest BCUT2D eigenvalue weighted by Crippen LogP contribution is 2.21. The van der Waals surface area contributed by atoms with Gasteiger partial charge in [0.1, 0.15) is 10.2 Å². The first-order chi connectivity index (χ1) is 12.0. The normalized spacial score (nSPS) is 11.1. The van der Waals surface area contributed by atoms with Gasteiger partial charge in [-0.3, -0.25) is 4.79 Å². The SMILES string of the molecule is Cc1nn(-c2ccccc2)c(Cl)c1C=NNC(=O)Cc1nnc(N)s1. The van der Waals surface area contributed by atoms with Crippen LogP contribution in [0.4, 0.5) is 5.13 Å². The van der Waals surface area contributed by atoms with Gasteiger partial charge in [0.2, 0.25) is 11.0 Å². The third kappa shape index (κ3) is 4.01. The molecule has 1 amide bonds. The highest BCUT2D eigenvalue weighted by Gasteiger charge is 2.13. The molecule has 0 aliphatic rings. The molecular formula is C15H14ClN7OS. The Morgan fingerprint density at radius 3 is 2.84 bits per heavy atom. The number of anilines is 1. The highest BCUT2D eigenvalue weighted by atomic mass is 35.5. The predicted octanol–water partition coefficient (Wildman–Crippen LogP) is 1.96. The smallest absolute Gasteiger partial charge is 0.247 e. The molecule has 3 N–H and O–H groups in total. The second-order valence-corrected chi connectivity index (χ2v) is 6.49. The highest BCUT2D eigenvalue weighted by molar-refractivity contribution is 7.15. The van der Waals surface area contributed by atoms with Gasteiger partial charge in [-0.2, -0.15) is 10.2 Å². The Hall–Kier alpha value is -2.78. The maximum Gasteiger partial charge on any atom is 0.247 e. The van der Waals surface area contributed by atoms with Crippen molar-refractivity contribution in [1.82, 2.24) is 25.4 Å². The maximum absolute atomic E-state index is 11.8. The molecule has 0 aliphatic carbocycles. The topological polar surface area (TPSA) is 111 Å². The molecule has 3 rings (SSSR count). The van der Waals surface area contributed by atoms with Crippen LogP contribution in [-0.4, -0.2) is 32.1 Å². The van der Waals surface area contributed by atoms with Crippen LogP contribution in [0.2, 0.25) is 5.15 Å². The number of benzene rings is 1. The van der Waals surface area contributed by atoms with Crippen molar-refractivity contribution in [3.8, 4) is 5.69 Å². The van der Waals surface area contributed by atoms with Crippen molar-refractivity contribution >= 4 is 40.2 Å². The summed E-state index contributed by atoms with van der Waals surface area (Å²) in [6, 6.07) is 9.51. The zero-order valence-corrected chi connectivity index (χ0v) is 14.8. The zero-order chi connectivity index (χ0) is 17.8. The molecule has 10 heteroatoms. The minimum Gasteiger partial charge on any atom is -0.374 e. The Morgan fingerprint density at radius 1 is 1.40 bits per heavy atom. The molecule has 1 aromatic carbocycles. The van der Waals surface area contributed by atoms with Crippen LogP contribution in [0.15, 0.2) is 35.4 Å². The number of carbonyl (C=O) groups is 1. The Morgan fingerprint density at radius 2 is 2.16 bits per heavy atom. The van der Waals surface area contributed by atoms with Crippen LogP contribution in [0.5, 0.6) is 0 Å². The van der Waals surface area contributed by atoms with E-state index in [0.29, 0.717) is 26.5 Å². The summed E-state index contributed by atoms with van der Waals surface area (Å²) >= 11 is 7.54. The molecule has 0 aliphatic heterocycles.